The largest absolute Gasteiger partial charge is 0.391 e. The van der Waals surface area contributed by atoms with Crippen molar-refractivity contribution in [2.45, 2.75) is 26.5 Å². The van der Waals surface area contributed by atoms with Crippen LogP contribution in [0, 0.1) is 5.92 Å². The van der Waals surface area contributed by atoms with Crippen LogP contribution in [0.2, 0.25) is 0 Å². The van der Waals surface area contributed by atoms with Crippen molar-refractivity contribution in [1.29, 1.82) is 0 Å². The van der Waals surface area contributed by atoms with E-state index >= 15 is 0 Å². The van der Waals surface area contributed by atoms with Crippen LogP contribution in [0.5, 0.6) is 0 Å². The zero-order chi connectivity index (χ0) is 13.7. The first-order chi connectivity index (χ1) is 8.40. The summed E-state index contributed by atoms with van der Waals surface area (Å²) in [5.74, 6) is -0.357. The standard InChI is InChI=1S/C11H17N3O4/c1-7(2)8(15)5-12-10(17)6-14-4-3-9(16)13-11(14)18/h3-4,7-8,15H,5-6H2,1-2H3,(H,12,17)(H,13,16,18). The lowest BCUT2D eigenvalue weighted by Gasteiger charge is -2.15. The van der Waals surface area contributed by atoms with Gasteiger partial charge in [0.2, 0.25) is 5.91 Å². The van der Waals surface area contributed by atoms with Crippen molar-refractivity contribution in [3.8, 4) is 0 Å². The molecule has 1 aromatic heterocycles. The SMILES string of the molecule is CC(C)C(O)CNC(=O)Cn1ccc(=O)[nH]c1=O. The van der Waals surface area contributed by atoms with Crippen LogP contribution >= 0.6 is 0 Å². The van der Waals surface area contributed by atoms with Crippen molar-refractivity contribution in [3.05, 3.63) is 33.1 Å². The Kier molecular flexibility index (Phi) is 4.85. The Morgan fingerprint density at radius 1 is 1.50 bits per heavy atom. The second kappa shape index (κ2) is 6.15. The Labute approximate surface area is 103 Å². The highest BCUT2D eigenvalue weighted by Crippen LogP contribution is 1.98. The van der Waals surface area contributed by atoms with Gasteiger partial charge in [0.25, 0.3) is 5.56 Å². The minimum atomic E-state index is -0.637. The van der Waals surface area contributed by atoms with E-state index in [4.69, 9.17) is 0 Å². The number of hydrogen-bond donors (Lipinski definition) is 3. The van der Waals surface area contributed by atoms with Gasteiger partial charge in [0, 0.05) is 18.8 Å². The van der Waals surface area contributed by atoms with Crippen LogP contribution < -0.4 is 16.6 Å². The van der Waals surface area contributed by atoms with Crippen molar-refractivity contribution >= 4 is 5.91 Å². The molecule has 18 heavy (non-hydrogen) atoms. The fourth-order valence-corrected chi connectivity index (χ4v) is 1.23. The fourth-order valence-electron chi connectivity index (χ4n) is 1.23. The lowest BCUT2D eigenvalue weighted by atomic mass is 10.1. The topological polar surface area (TPSA) is 104 Å². The zero-order valence-corrected chi connectivity index (χ0v) is 10.3. The molecular weight excluding hydrogens is 238 g/mol. The van der Waals surface area contributed by atoms with Crippen LogP contribution in [-0.2, 0) is 11.3 Å². The molecule has 1 atom stereocenters. The van der Waals surface area contributed by atoms with E-state index in [1.165, 1.54) is 6.20 Å². The van der Waals surface area contributed by atoms with Crippen molar-refractivity contribution in [2.75, 3.05) is 6.54 Å². The lowest BCUT2D eigenvalue weighted by Crippen LogP contribution is -2.39. The van der Waals surface area contributed by atoms with Gasteiger partial charge in [-0.05, 0) is 5.92 Å². The Bertz CT molecular complexity index is 518. The van der Waals surface area contributed by atoms with Crippen LogP contribution in [0.25, 0.3) is 0 Å². The number of aromatic nitrogens is 2. The number of nitrogens with one attached hydrogen (secondary N) is 2. The summed E-state index contributed by atoms with van der Waals surface area (Å²) in [6.07, 6.45) is 0.626. The van der Waals surface area contributed by atoms with Crippen molar-refractivity contribution < 1.29 is 9.90 Å². The molecule has 7 heteroatoms. The molecule has 0 aliphatic heterocycles. The van der Waals surface area contributed by atoms with Gasteiger partial charge in [-0.1, -0.05) is 13.8 Å². The maximum atomic E-state index is 11.5. The molecule has 1 aromatic rings. The Morgan fingerprint density at radius 3 is 2.72 bits per heavy atom. The summed E-state index contributed by atoms with van der Waals surface area (Å²) in [5.41, 5.74) is -1.14. The molecule has 0 bridgehead atoms. The molecule has 1 unspecified atom stereocenters. The van der Waals surface area contributed by atoms with Gasteiger partial charge in [-0.15, -0.1) is 0 Å². The van der Waals surface area contributed by atoms with E-state index in [2.05, 4.69) is 5.32 Å². The van der Waals surface area contributed by atoms with Gasteiger partial charge in [0.1, 0.15) is 6.54 Å². The second-order valence-electron chi connectivity index (χ2n) is 4.35. The highest BCUT2D eigenvalue weighted by molar-refractivity contribution is 5.75. The number of rotatable bonds is 5. The maximum absolute atomic E-state index is 11.5. The highest BCUT2D eigenvalue weighted by atomic mass is 16.3. The molecule has 1 amide bonds. The minimum absolute atomic E-state index is 0.0427. The van der Waals surface area contributed by atoms with Gasteiger partial charge in [-0.3, -0.25) is 19.1 Å². The third kappa shape index (κ3) is 4.17. The summed E-state index contributed by atoms with van der Waals surface area (Å²) in [7, 11) is 0. The first-order valence-corrected chi connectivity index (χ1v) is 5.64. The number of amides is 1. The van der Waals surface area contributed by atoms with E-state index in [1.807, 2.05) is 18.8 Å². The summed E-state index contributed by atoms with van der Waals surface area (Å²) in [6.45, 7) is 3.61. The summed E-state index contributed by atoms with van der Waals surface area (Å²) in [4.78, 5) is 35.7. The third-order valence-electron chi connectivity index (χ3n) is 2.49. The van der Waals surface area contributed by atoms with Gasteiger partial charge in [0.05, 0.1) is 6.10 Å². The predicted molar refractivity (Wildman–Crippen MR) is 65.2 cm³/mol. The minimum Gasteiger partial charge on any atom is -0.391 e. The summed E-state index contributed by atoms with van der Waals surface area (Å²) < 4.78 is 1.08. The predicted octanol–water partition coefficient (Wildman–Crippen LogP) is -1.33. The van der Waals surface area contributed by atoms with Crippen LogP contribution in [0.4, 0.5) is 0 Å². The molecule has 100 valence electrons. The normalized spacial score (nSPS) is 12.4. The molecule has 0 aliphatic rings. The third-order valence-corrected chi connectivity index (χ3v) is 2.49. The number of aliphatic hydroxyl groups is 1. The maximum Gasteiger partial charge on any atom is 0.328 e. The number of carbonyl (C=O) groups excluding carboxylic acids is 1. The monoisotopic (exact) mass is 255 g/mol. The molecule has 1 heterocycles. The molecule has 0 saturated carbocycles. The smallest absolute Gasteiger partial charge is 0.328 e. The van der Waals surface area contributed by atoms with Crippen LogP contribution in [-0.4, -0.2) is 33.2 Å². The number of carbonyl (C=O) groups is 1. The van der Waals surface area contributed by atoms with Crippen molar-refractivity contribution in [2.24, 2.45) is 5.92 Å². The summed E-state index contributed by atoms with van der Waals surface area (Å²) in [5, 5.41) is 12.0. The van der Waals surface area contributed by atoms with Crippen molar-refractivity contribution in [1.82, 2.24) is 14.9 Å². The molecule has 0 radical (unpaired) electrons. The molecule has 0 aliphatic carbocycles. The number of nitrogens with zero attached hydrogens (tertiary/aromatic N) is 1. The van der Waals surface area contributed by atoms with E-state index in [9.17, 15) is 19.5 Å². The van der Waals surface area contributed by atoms with E-state index in [-0.39, 0.29) is 19.0 Å². The van der Waals surface area contributed by atoms with E-state index in [0.29, 0.717) is 0 Å². The first kappa shape index (κ1) is 14.2. The van der Waals surface area contributed by atoms with Gasteiger partial charge in [-0.25, -0.2) is 4.79 Å². The second-order valence-corrected chi connectivity index (χ2v) is 4.35. The first-order valence-electron chi connectivity index (χ1n) is 5.64. The van der Waals surface area contributed by atoms with E-state index in [0.717, 1.165) is 10.6 Å². The Morgan fingerprint density at radius 2 is 2.17 bits per heavy atom. The molecule has 0 spiro atoms. The average Bonchev–Trinajstić information content (AvgIpc) is 2.29. The van der Waals surface area contributed by atoms with Gasteiger partial charge in [-0.2, -0.15) is 0 Å². The summed E-state index contributed by atoms with van der Waals surface area (Å²) >= 11 is 0. The molecule has 0 saturated heterocycles. The number of aromatic amines is 1. The molecule has 1 rings (SSSR count). The number of hydrogen-bond acceptors (Lipinski definition) is 4. The van der Waals surface area contributed by atoms with E-state index < -0.39 is 23.3 Å². The highest BCUT2D eigenvalue weighted by Gasteiger charge is 2.11. The van der Waals surface area contributed by atoms with Crippen LogP contribution in [0.15, 0.2) is 21.9 Å². The van der Waals surface area contributed by atoms with Crippen LogP contribution in [0.1, 0.15) is 13.8 Å². The quantitative estimate of drug-likeness (QED) is 0.606. The van der Waals surface area contributed by atoms with Gasteiger partial charge >= 0.3 is 5.69 Å². The average molecular weight is 255 g/mol. The van der Waals surface area contributed by atoms with Gasteiger partial charge < -0.3 is 10.4 Å². The number of H-pyrrole nitrogens is 1. The van der Waals surface area contributed by atoms with E-state index in [1.54, 1.807) is 0 Å². The zero-order valence-electron chi connectivity index (χ0n) is 10.3. The lowest BCUT2D eigenvalue weighted by molar-refractivity contribution is -0.122. The molecule has 0 aromatic carbocycles. The molecule has 3 N–H and O–H groups in total. The molecular formula is C11H17N3O4. The summed E-state index contributed by atoms with van der Waals surface area (Å²) in [6, 6.07) is 1.16. The number of aliphatic hydroxyl groups excluding tert-OH is 1. The van der Waals surface area contributed by atoms with Crippen molar-refractivity contribution in [3.63, 3.8) is 0 Å². The Balaban J connectivity index is 2.55. The Hall–Kier alpha value is -1.89. The van der Waals surface area contributed by atoms with Gasteiger partial charge in [0.15, 0.2) is 0 Å². The van der Waals surface area contributed by atoms with Crippen LogP contribution in [0.3, 0.4) is 0 Å². The fraction of sp³-hybridized carbons (Fsp3) is 0.545. The molecule has 7 nitrogen and oxygen atoms in total. The molecule has 0 fully saturated rings.